The first-order valence-electron chi connectivity index (χ1n) is 7.05. The van der Waals surface area contributed by atoms with Gasteiger partial charge >= 0.3 is 5.69 Å². The maximum atomic E-state index is 13.4. The van der Waals surface area contributed by atoms with Crippen molar-refractivity contribution in [2.24, 2.45) is 11.8 Å². The average Bonchev–Trinajstić information content (AvgIpc) is 2.40. The molecule has 0 unspecified atom stereocenters. The second-order valence-corrected chi connectivity index (χ2v) is 6.20. The highest BCUT2D eigenvalue weighted by atomic mass is 35.5. The molecule has 1 fully saturated rings. The number of nitro groups is 1. The molecule has 0 aromatic heterocycles. The van der Waals surface area contributed by atoms with Gasteiger partial charge in [0.1, 0.15) is 0 Å². The normalized spacial score (nSPS) is 22.0. The summed E-state index contributed by atoms with van der Waals surface area (Å²) in [5.74, 6) is -0.295. The van der Waals surface area contributed by atoms with E-state index in [4.69, 9.17) is 11.6 Å². The van der Waals surface area contributed by atoms with Crippen molar-refractivity contribution < 1.29 is 14.1 Å². The zero-order valence-corrected chi connectivity index (χ0v) is 12.5. The topological polar surface area (TPSA) is 60.2 Å². The number of halogens is 2. The van der Waals surface area contributed by atoms with Gasteiger partial charge in [-0.15, -0.1) is 0 Å². The van der Waals surface area contributed by atoms with Crippen LogP contribution in [0.15, 0.2) is 12.1 Å². The van der Waals surface area contributed by atoms with Crippen molar-refractivity contribution in [3.8, 4) is 0 Å². The molecule has 0 heterocycles. The largest absolute Gasteiger partial charge is 0.305 e. The summed E-state index contributed by atoms with van der Waals surface area (Å²) in [7, 11) is 0. The second-order valence-electron chi connectivity index (χ2n) is 5.79. The van der Waals surface area contributed by atoms with E-state index < -0.39 is 16.4 Å². The van der Waals surface area contributed by atoms with E-state index in [1.165, 1.54) is 0 Å². The zero-order valence-electron chi connectivity index (χ0n) is 11.8. The Balaban J connectivity index is 2.15. The van der Waals surface area contributed by atoms with Gasteiger partial charge in [0.05, 0.1) is 9.95 Å². The summed E-state index contributed by atoms with van der Waals surface area (Å²) in [6.07, 6.45) is 4.46. The van der Waals surface area contributed by atoms with Crippen LogP contribution in [-0.4, -0.2) is 10.7 Å². The molecule has 1 aromatic carbocycles. The fraction of sp³-hybridized carbons (Fsp3) is 0.533. The monoisotopic (exact) mass is 313 g/mol. The number of hydrogen-bond acceptors (Lipinski definition) is 3. The standard InChI is InChI=1S/C15H17ClFNO3/c1-9-2-4-10(5-3-9)6-15(19)11-7-14(18(20)21)13(17)8-12(11)16/h7-10H,2-6H2,1H3. The minimum atomic E-state index is -1.02. The van der Waals surface area contributed by atoms with E-state index in [0.717, 1.165) is 37.8 Å². The van der Waals surface area contributed by atoms with Crippen LogP contribution in [0.5, 0.6) is 0 Å². The van der Waals surface area contributed by atoms with Crippen LogP contribution in [0, 0.1) is 27.8 Å². The summed E-state index contributed by atoms with van der Waals surface area (Å²) >= 11 is 5.86. The van der Waals surface area contributed by atoms with Crippen LogP contribution in [0.1, 0.15) is 49.4 Å². The molecular weight excluding hydrogens is 297 g/mol. The summed E-state index contributed by atoms with van der Waals surface area (Å²) in [6.45, 7) is 2.19. The lowest BCUT2D eigenvalue weighted by molar-refractivity contribution is -0.387. The molecule has 0 atom stereocenters. The molecule has 0 bridgehead atoms. The van der Waals surface area contributed by atoms with E-state index in [2.05, 4.69) is 6.92 Å². The first-order chi connectivity index (χ1) is 9.88. The van der Waals surface area contributed by atoms with E-state index in [-0.39, 0.29) is 22.3 Å². The third-order valence-corrected chi connectivity index (χ3v) is 4.46. The van der Waals surface area contributed by atoms with Crippen molar-refractivity contribution in [1.82, 2.24) is 0 Å². The first-order valence-corrected chi connectivity index (χ1v) is 7.43. The van der Waals surface area contributed by atoms with Gasteiger partial charge in [0.15, 0.2) is 5.78 Å². The Hall–Kier alpha value is -1.49. The minimum Gasteiger partial charge on any atom is -0.294 e. The maximum Gasteiger partial charge on any atom is 0.305 e. The Bertz CT molecular complexity index is 568. The number of carbonyl (C=O) groups is 1. The van der Waals surface area contributed by atoms with Crippen LogP contribution in [0.3, 0.4) is 0 Å². The molecule has 114 valence electrons. The summed E-state index contributed by atoms with van der Waals surface area (Å²) in [4.78, 5) is 22.2. The van der Waals surface area contributed by atoms with Gasteiger partial charge < -0.3 is 0 Å². The van der Waals surface area contributed by atoms with Crippen LogP contribution >= 0.6 is 11.6 Å². The molecule has 4 nitrogen and oxygen atoms in total. The second kappa shape index (κ2) is 6.52. The molecule has 0 amide bonds. The summed E-state index contributed by atoms with van der Waals surface area (Å²) in [5, 5.41) is 10.7. The van der Waals surface area contributed by atoms with E-state index in [1.807, 2.05) is 0 Å². The smallest absolute Gasteiger partial charge is 0.294 e. The Kier molecular flexibility index (Phi) is 4.93. The van der Waals surface area contributed by atoms with Crippen molar-refractivity contribution >= 4 is 23.1 Å². The lowest BCUT2D eigenvalue weighted by atomic mass is 9.80. The Morgan fingerprint density at radius 3 is 2.57 bits per heavy atom. The molecule has 1 aromatic rings. The molecule has 1 aliphatic rings. The predicted octanol–water partition coefficient (Wildman–Crippen LogP) is 4.79. The van der Waals surface area contributed by atoms with E-state index in [9.17, 15) is 19.3 Å². The Morgan fingerprint density at radius 2 is 2.00 bits per heavy atom. The van der Waals surface area contributed by atoms with Crippen LogP contribution in [0.4, 0.5) is 10.1 Å². The highest BCUT2D eigenvalue weighted by Crippen LogP contribution is 2.33. The summed E-state index contributed by atoms with van der Waals surface area (Å²) in [6, 6.07) is 1.79. The van der Waals surface area contributed by atoms with Crippen molar-refractivity contribution in [3.63, 3.8) is 0 Å². The maximum absolute atomic E-state index is 13.4. The fourth-order valence-corrected chi connectivity index (χ4v) is 3.05. The minimum absolute atomic E-state index is 0.0448. The molecule has 1 saturated carbocycles. The van der Waals surface area contributed by atoms with Gasteiger partial charge in [0.25, 0.3) is 0 Å². The Morgan fingerprint density at radius 1 is 1.38 bits per heavy atom. The van der Waals surface area contributed by atoms with Crippen molar-refractivity contribution in [2.45, 2.75) is 39.0 Å². The number of carbonyl (C=O) groups excluding carboxylic acids is 1. The molecular formula is C15H17ClFNO3. The molecule has 6 heteroatoms. The van der Waals surface area contributed by atoms with Crippen LogP contribution in [-0.2, 0) is 0 Å². The van der Waals surface area contributed by atoms with Gasteiger partial charge in [-0.2, -0.15) is 4.39 Å². The number of rotatable bonds is 4. The molecule has 0 radical (unpaired) electrons. The molecule has 0 spiro atoms. The molecule has 0 saturated heterocycles. The van der Waals surface area contributed by atoms with Crippen molar-refractivity contribution in [1.29, 1.82) is 0 Å². The summed E-state index contributed by atoms with van der Waals surface area (Å²) < 4.78 is 13.4. The van der Waals surface area contributed by atoms with Gasteiger partial charge in [-0.05, 0) is 24.7 Å². The number of hydrogen-bond donors (Lipinski definition) is 0. The first kappa shape index (κ1) is 15.9. The van der Waals surface area contributed by atoms with Crippen molar-refractivity contribution in [3.05, 3.63) is 38.7 Å². The third-order valence-electron chi connectivity index (χ3n) is 4.14. The van der Waals surface area contributed by atoms with Crippen LogP contribution in [0.25, 0.3) is 0 Å². The van der Waals surface area contributed by atoms with E-state index in [0.29, 0.717) is 12.3 Å². The highest BCUT2D eigenvalue weighted by molar-refractivity contribution is 6.34. The average molecular weight is 314 g/mol. The Labute approximate surface area is 127 Å². The number of benzene rings is 1. The van der Waals surface area contributed by atoms with Gasteiger partial charge in [-0.1, -0.05) is 31.4 Å². The molecule has 1 aliphatic carbocycles. The SMILES string of the molecule is CC1CCC(CC(=O)c2cc([N+](=O)[O-])c(F)cc2Cl)CC1. The van der Waals surface area contributed by atoms with Gasteiger partial charge in [0, 0.05) is 24.1 Å². The predicted molar refractivity (Wildman–Crippen MR) is 78.1 cm³/mol. The molecule has 21 heavy (non-hydrogen) atoms. The molecule has 0 N–H and O–H groups in total. The number of ketones is 1. The van der Waals surface area contributed by atoms with E-state index in [1.54, 1.807) is 0 Å². The molecule has 0 aliphatic heterocycles. The van der Waals surface area contributed by atoms with Gasteiger partial charge in [-0.25, -0.2) is 0 Å². The van der Waals surface area contributed by atoms with Gasteiger partial charge in [0.2, 0.25) is 5.82 Å². The van der Waals surface area contributed by atoms with Crippen LogP contribution < -0.4 is 0 Å². The zero-order chi connectivity index (χ0) is 15.6. The van der Waals surface area contributed by atoms with Crippen molar-refractivity contribution in [2.75, 3.05) is 0 Å². The lowest BCUT2D eigenvalue weighted by Gasteiger charge is -2.25. The van der Waals surface area contributed by atoms with E-state index >= 15 is 0 Å². The fourth-order valence-electron chi connectivity index (χ4n) is 2.80. The lowest BCUT2D eigenvalue weighted by Crippen LogP contribution is -2.16. The number of nitro benzene ring substituents is 1. The quantitative estimate of drug-likeness (QED) is 0.456. The number of Topliss-reactive ketones (excluding diaryl/α,β-unsaturated/α-hetero) is 1. The highest BCUT2D eigenvalue weighted by Gasteiger charge is 2.25. The van der Waals surface area contributed by atoms with Crippen LogP contribution in [0.2, 0.25) is 5.02 Å². The third kappa shape index (κ3) is 3.79. The summed E-state index contributed by atoms with van der Waals surface area (Å²) in [5.41, 5.74) is -0.664. The van der Waals surface area contributed by atoms with Gasteiger partial charge in [-0.3, -0.25) is 14.9 Å². The molecule has 2 rings (SSSR count). The number of nitrogens with zero attached hydrogens (tertiary/aromatic N) is 1.